The van der Waals surface area contributed by atoms with E-state index in [1.807, 2.05) is 13.1 Å². The van der Waals surface area contributed by atoms with Gasteiger partial charge in [0.15, 0.2) is 0 Å². The molecular formula is C12H18BrN5O2S. The third kappa shape index (κ3) is 3.72. The zero-order valence-electron chi connectivity index (χ0n) is 12.2. The molecule has 2 aromatic heterocycles. The maximum atomic E-state index is 12.1. The van der Waals surface area contributed by atoms with E-state index in [0.29, 0.717) is 25.2 Å². The Labute approximate surface area is 132 Å². The van der Waals surface area contributed by atoms with Crippen LogP contribution in [0.1, 0.15) is 17.8 Å². The second-order valence-corrected chi connectivity index (χ2v) is 7.38. The summed E-state index contributed by atoms with van der Waals surface area (Å²) in [6.07, 6.45) is 3.91. The first-order valence-electron chi connectivity index (χ1n) is 6.49. The van der Waals surface area contributed by atoms with Gasteiger partial charge >= 0.3 is 0 Å². The second kappa shape index (κ2) is 6.29. The molecule has 0 amide bonds. The lowest BCUT2D eigenvalue weighted by molar-refractivity contribution is 0.550. The fourth-order valence-corrected chi connectivity index (χ4v) is 3.47. The van der Waals surface area contributed by atoms with Crippen molar-refractivity contribution < 1.29 is 8.42 Å². The molecular weight excluding hydrogens is 358 g/mol. The second-order valence-electron chi connectivity index (χ2n) is 4.79. The molecule has 0 spiro atoms. The molecule has 21 heavy (non-hydrogen) atoms. The third-order valence-corrected chi connectivity index (χ3v) is 5.56. The summed E-state index contributed by atoms with van der Waals surface area (Å²) in [6, 6.07) is 0. The van der Waals surface area contributed by atoms with Crippen molar-refractivity contribution in [2.24, 2.45) is 7.05 Å². The van der Waals surface area contributed by atoms with Crippen LogP contribution in [0.2, 0.25) is 0 Å². The predicted molar refractivity (Wildman–Crippen MR) is 82.4 cm³/mol. The lowest BCUT2D eigenvalue weighted by Crippen LogP contribution is -2.26. The molecule has 2 aromatic rings. The summed E-state index contributed by atoms with van der Waals surface area (Å²) in [4.78, 5) is 0.225. The molecule has 0 saturated heterocycles. The van der Waals surface area contributed by atoms with Gasteiger partial charge in [-0.05, 0) is 36.2 Å². The molecule has 2 rings (SSSR count). The first kappa shape index (κ1) is 16.2. The highest BCUT2D eigenvalue weighted by Gasteiger charge is 2.19. The van der Waals surface area contributed by atoms with Crippen LogP contribution in [0.5, 0.6) is 0 Å². The van der Waals surface area contributed by atoms with Crippen LogP contribution in [0, 0.1) is 13.8 Å². The van der Waals surface area contributed by atoms with Gasteiger partial charge in [0.25, 0.3) is 0 Å². The van der Waals surface area contributed by atoms with Gasteiger partial charge in [-0.25, -0.2) is 13.1 Å². The quantitative estimate of drug-likeness (QED) is 0.772. The zero-order chi connectivity index (χ0) is 15.6. The van der Waals surface area contributed by atoms with Crippen molar-refractivity contribution in [2.45, 2.75) is 31.7 Å². The Hall–Kier alpha value is -1.19. The van der Waals surface area contributed by atoms with Crippen molar-refractivity contribution >= 4 is 26.0 Å². The summed E-state index contributed by atoms with van der Waals surface area (Å²) in [7, 11) is -1.79. The van der Waals surface area contributed by atoms with Gasteiger partial charge in [0, 0.05) is 26.3 Å². The molecule has 0 fully saturated rings. The Kier molecular flexibility index (Phi) is 4.84. The standard InChI is InChI=1S/C12H18BrN5O2S/c1-9-11(13)8-18(16-9)6-4-5-15-21(19,20)12-7-14-17(3)10(12)2/h7-8,15H,4-6H2,1-3H3. The normalized spacial score (nSPS) is 12.0. The number of hydrogen-bond donors (Lipinski definition) is 1. The van der Waals surface area contributed by atoms with Crippen LogP contribution in [0.25, 0.3) is 0 Å². The molecule has 7 nitrogen and oxygen atoms in total. The van der Waals surface area contributed by atoms with E-state index in [2.05, 4.69) is 30.8 Å². The van der Waals surface area contributed by atoms with Crippen LogP contribution in [0.4, 0.5) is 0 Å². The fourth-order valence-electron chi connectivity index (χ4n) is 1.88. The molecule has 0 aromatic carbocycles. The molecule has 0 aliphatic carbocycles. The van der Waals surface area contributed by atoms with Gasteiger partial charge in [-0.3, -0.25) is 9.36 Å². The molecule has 0 saturated carbocycles. The van der Waals surface area contributed by atoms with Crippen molar-refractivity contribution in [3.8, 4) is 0 Å². The van der Waals surface area contributed by atoms with Crippen LogP contribution < -0.4 is 4.72 Å². The van der Waals surface area contributed by atoms with Crippen molar-refractivity contribution in [2.75, 3.05) is 6.54 Å². The molecule has 0 radical (unpaired) electrons. The molecule has 1 N–H and O–H groups in total. The van der Waals surface area contributed by atoms with Gasteiger partial charge in [-0.2, -0.15) is 10.2 Å². The van der Waals surface area contributed by atoms with Crippen LogP contribution in [-0.2, 0) is 23.6 Å². The van der Waals surface area contributed by atoms with E-state index in [9.17, 15) is 8.42 Å². The van der Waals surface area contributed by atoms with E-state index in [0.717, 1.165) is 10.2 Å². The van der Waals surface area contributed by atoms with E-state index in [4.69, 9.17) is 0 Å². The number of nitrogens with zero attached hydrogens (tertiary/aromatic N) is 4. The van der Waals surface area contributed by atoms with E-state index in [1.165, 1.54) is 6.20 Å². The minimum absolute atomic E-state index is 0.225. The highest BCUT2D eigenvalue weighted by molar-refractivity contribution is 9.10. The first-order valence-corrected chi connectivity index (χ1v) is 8.76. The summed E-state index contributed by atoms with van der Waals surface area (Å²) in [5, 5.41) is 8.25. The summed E-state index contributed by atoms with van der Waals surface area (Å²) < 4.78 is 31.2. The molecule has 0 unspecified atom stereocenters. The number of hydrogen-bond acceptors (Lipinski definition) is 4. The highest BCUT2D eigenvalue weighted by atomic mass is 79.9. The minimum atomic E-state index is -3.50. The number of nitrogens with one attached hydrogen (secondary N) is 1. The van der Waals surface area contributed by atoms with Crippen LogP contribution in [-0.4, -0.2) is 34.5 Å². The van der Waals surface area contributed by atoms with Gasteiger partial charge in [-0.1, -0.05) is 0 Å². The fraction of sp³-hybridized carbons (Fsp3) is 0.500. The predicted octanol–water partition coefficient (Wildman–Crippen LogP) is 1.36. The van der Waals surface area contributed by atoms with Crippen molar-refractivity contribution in [1.82, 2.24) is 24.3 Å². The van der Waals surface area contributed by atoms with E-state index >= 15 is 0 Å². The van der Waals surface area contributed by atoms with Gasteiger partial charge in [0.2, 0.25) is 10.0 Å². The average molecular weight is 376 g/mol. The monoisotopic (exact) mass is 375 g/mol. The molecule has 0 aliphatic rings. The van der Waals surface area contributed by atoms with Gasteiger partial charge in [0.05, 0.1) is 22.1 Å². The average Bonchev–Trinajstić information content (AvgIpc) is 2.90. The van der Waals surface area contributed by atoms with Crippen molar-refractivity contribution in [1.29, 1.82) is 0 Å². The smallest absolute Gasteiger partial charge is 0.243 e. The summed E-state index contributed by atoms with van der Waals surface area (Å²) in [5.74, 6) is 0. The maximum absolute atomic E-state index is 12.1. The maximum Gasteiger partial charge on any atom is 0.243 e. The molecule has 0 atom stereocenters. The Morgan fingerprint density at radius 1 is 1.38 bits per heavy atom. The van der Waals surface area contributed by atoms with Gasteiger partial charge in [-0.15, -0.1) is 0 Å². The van der Waals surface area contributed by atoms with Crippen molar-refractivity contribution in [3.05, 3.63) is 28.3 Å². The number of sulfonamides is 1. The molecule has 2 heterocycles. The Balaban J connectivity index is 1.89. The minimum Gasteiger partial charge on any atom is -0.272 e. The van der Waals surface area contributed by atoms with E-state index < -0.39 is 10.0 Å². The Morgan fingerprint density at radius 2 is 2.10 bits per heavy atom. The SMILES string of the molecule is Cc1nn(CCCNS(=O)(=O)c2cnn(C)c2C)cc1Br. The highest BCUT2D eigenvalue weighted by Crippen LogP contribution is 2.14. The number of aromatic nitrogens is 4. The third-order valence-electron chi connectivity index (χ3n) is 3.22. The number of aryl methyl sites for hydroxylation is 3. The zero-order valence-corrected chi connectivity index (χ0v) is 14.6. The van der Waals surface area contributed by atoms with Crippen LogP contribution in [0.3, 0.4) is 0 Å². The van der Waals surface area contributed by atoms with E-state index in [-0.39, 0.29) is 4.90 Å². The Morgan fingerprint density at radius 3 is 2.62 bits per heavy atom. The largest absolute Gasteiger partial charge is 0.272 e. The lowest BCUT2D eigenvalue weighted by atomic mass is 10.4. The molecule has 116 valence electrons. The first-order chi connectivity index (χ1) is 9.81. The summed E-state index contributed by atoms with van der Waals surface area (Å²) >= 11 is 3.39. The number of halogens is 1. The molecule has 0 bridgehead atoms. The van der Waals surface area contributed by atoms with E-state index in [1.54, 1.807) is 23.3 Å². The molecule has 9 heteroatoms. The van der Waals surface area contributed by atoms with Gasteiger partial charge < -0.3 is 0 Å². The van der Waals surface area contributed by atoms with Crippen LogP contribution in [0.15, 0.2) is 21.8 Å². The summed E-state index contributed by atoms with van der Waals surface area (Å²) in [5.41, 5.74) is 1.54. The number of rotatable bonds is 6. The lowest BCUT2D eigenvalue weighted by Gasteiger charge is -2.06. The topological polar surface area (TPSA) is 81.8 Å². The Bertz CT molecular complexity index is 715. The molecule has 0 aliphatic heterocycles. The van der Waals surface area contributed by atoms with Crippen LogP contribution >= 0.6 is 15.9 Å². The summed E-state index contributed by atoms with van der Waals surface area (Å²) in [6.45, 7) is 4.65. The van der Waals surface area contributed by atoms with Crippen molar-refractivity contribution in [3.63, 3.8) is 0 Å². The van der Waals surface area contributed by atoms with Gasteiger partial charge in [0.1, 0.15) is 4.90 Å².